The third-order valence-corrected chi connectivity index (χ3v) is 2.26. The van der Waals surface area contributed by atoms with Crippen molar-refractivity contribution in [2.24, 2.45) is 11.8 Å². The number of esters is 1. The molecule has 0 amide bonds. The van der Waals surface area contributed by atoms with Gasteiger partial charge in [-0.2, -0.15) is 0 Å². The highest BCUT2D eigenvalue weighted by atomic mass is 16.5. The van der Waals surface area contributed by atoms with Crippen molar-refractivity contribution in [2.45, 2.75) is 20.3 Å². The second-order valence-corrected chi connectivity index (χ2v) is 3.06. The Balaban J connectivity index is 2.37. The van der Waals surface area contributed by atoms with E-state index in [4.69, 9.17) is 9.47 Å². The molecule has 3 nitrogen and oxygen atoms in total. The molecule has 1 aliphatic heterocycles. The zero-order valence-electron chi connectivity index (χ0n) is 7.71. The van der Waals surface area contributed by atoms with Crippen LogP contribution in [0.25, 0.3) is 0 Å². The Morgan fingerprint density at radius 1 is 1.58 bits per heavy atom. The number of carbonyl (C=O) groups is 1. The third kappa shape index (κ3) is 1.97. The number of carbonyl (C=O) groups excluding carboxylic acids is 1. The van der Waals surface area contributed by atoms with Crippen LogP contribution in [0, 0.1) is 11.8 Å². The van der Waals surface area contributed by atoms with Crippen LogP contribution < -0.4 is 0 Å². The van der Waals surface area contributed by atoms with Gasteiger partial charge in [0.25, 0.3) is 0 Å². The van der Waals surface area contributed by atoms with Gasteiger partial charge in [0.05, 0.1) is 25.7 Å². The monoisotopic (exact) mass is 172 g/mol. The van der Waals surface area contributed by atoms with Gasteiger partial charge in [0, 0.05) is 5.92 Å². The number of hydrogen-bond acceptors (Lipinski definition) is 3. The fraction of sp³-hybridized carbons (Fsp3) is 0.889. The number of ether oxygens (including phenoxy) is 2. The second-order valence-electron chi connectivity index (χ2n) is 3.06. The smallest absolute Gasteiger partial charge is 0.309 e. The highest BCUT2D eigenvalue weighted by molar-refractivity contribution is 5.72. The SMILES string of the molecule is CCOC(=O)C(CC)C1COC1. The molecule has 3 heteroatoms. The molecule has 0 aromatic heterocycles. The first-order valence-corrected chi connectivity index (χ1v) is 4.54. The van der Waals surface area contributed by atoms with Gasteiger partial charge in [0.2, 0.25) is 0 Å². The average molecular weight is 172 g/mol. The molecular weight excluding hydrogens is 156 g/mol. The summed E-state index contributed by atoms with van der Waals surface area (Å²) in [5, 5.41) is 0. The Bertz CT molecular complexity index is 152. The lowest BCUT2D eigenvalue weighted by molar-refractivity contribution is -0.158. The standard InChI is InChI=1S/C9H16O3/c1-3-8(7-5-11-6-7)9(10)12-4-2/h7-8H,3-6H2,1-2H3. The topological polar surface area (TPSA) is 35.5 Å². The molecule has 1 saturated heterocycles. The Morgan fingerprint density at radius 3 is 2.58 bits per heavy atom. The molecular formula is C9H16O3. The molecule has 0 bridgehead atoms. The Morgan fingerprint density at radius 2 is 2.25 bits per heavy atom. The highest BCUT2D eigenvalue weighted by Gasteiger charge is 2.33. The van der Waals surface area contributed by atoms with E-state index in [1.807, 2.05) is 13.8 Å². The quantitative estimate of drug-likeness (QED) is 0.598. The number of hydrogen-bond donors (Lipinski definition) is 0. The minimum Gasteiger partial charge on any atom is -0.466 e. The molecule has 1 rings (SSSR count). The summed E-state index contributed by atoms with van der Waals surface area (Å²) in [5.41, 5.74) is 0. The summed E-state index contributed by atoms with van der Waals surface area (Å²) >= 11 is 0. The maximum absolute atomic E-state index is 11.3. The normalized spacial score (nSPS) is 19.8. The van der Waals surface area contributed by atoms with Gasteiger partial charge in [-0.15, -0.1) is 0 Å². The van der Waals surface area contributed by atoms with Crippen LogP contribution in [0.2, 0.25) is 0 Å². The van der Waals surface area contributed by atoms with Crippen molar-refractivity contribution >= 4 is 5.97 Å². The van der Waals surface area contributed by atoms with E-state index in [0.717, 1.165) is 19.6 Å². The van der Waals surface area contributed by atoms with Crippen molar-refractivity contribution in [3.63, 3.8) is 0 Å². The average Bonchev–Trinajstić information content (AvgIpc) is 1.96. The highest BCUT2D eigenvalue weighted by Crippen LogP contribution is 2.24. The molecule has 0 saturated carbocycles. The first kappa shape index (κ1) is 9.52. The lowest BCUT2D eigenvalue weighted by Gasteiger charge is -2.31. The van der Waals surface area contributed by atoms with Gasteiger partial charge in [-0.05, 0) is 13.3 Å². The lowest BCUT2D eigenvalue weighted by atomic mass is 9.89. The van der Waals surface area contributed by atoms with Crippen LogP contribution in [0.15, 0.2) is 0 Å². The van der Waals surface area contributed by atoms with Gasteiger partial charge in [-0.1, -0.05) is 6.92 Å². The fourth-order valence-electron chi connectivity index (χ4n) is 1.43. The Kier molecular flexibility index (Phi) is 3.53. The van der Waals surface area contributed by atoms with Crippen LogP contribution >= 0.6 is 0 Å². The summed E-state index contributed by atoms with van der Waals surface area (Å²) in [7, 11) is 0. The van der Waals surface area contributed by atoms with Crippen LogP contribution in [0.1, 0.15) is 20.3 Å². The molecule has 1 atom stereocenters. The van der Waals surface area contributed by atoms with Crippen LogP contribution in [0.3, 0.4) is 0 Å². The summed E-state index contributed by atoms with van der Waals surface area (Å²) in [4.78, 5) is 11.3. The predicted octanol–water partition coefficient (Wildman–Crippen LogP) is 1.22. The molecule has 0 N–H and O–H groups in total. The van der Waals surface area contributed by atoms with Gasteiger partial charge in [-0.3, -0.25) is 4.79 Å². The minimum absolute atomic E-state index is 0.0544. The van der Waals surface area contributed by atoms with Gasteiger partial charge in [0.15, 0.2) is 0 Å². The third-order valence-electron chi connectivity index (χ3n) is 2.26. The zero-order valence-corrected chi connectivity index (χ0v) is 7.71. The first-order chi connectivity index (χ1) is 5.79. The molecule has 0 aliphatic carbocycles. The molecule has 1 unspecified atom stereocenters. The van der Waals surface area contributed by atoms with Crippen molar-refractivity contribution < 1.29 is 14.3 Å². The maximum Gasteiger partial charge on any atom is 0.309 e. The zero-order chi connectivity index (χ0) is 8.97. The van der Waals surface area contributed by atoms with Crippen molar-refractivity contribution in [3.05, 3.63) is 0 Å². The van der Waals surface area contributed by atoms with Gasteiger partial charge < -0.3 is 9.47 Å². The van der Waals surface area contributed by atoms with Crippen molar-refractivity contribution in [2.75, 3.05) is 19.8 Å². The summed E-state index contributed by atoms with van der Waals surface area (Å²) in [6, 6.07) is 0. The van der Waals surface area contributed by atoms with Crippen molar-refractivity contribution in [1.82, 2.24) is 0 Å². The number of rotatable bonds is 4. The van der Waals surface area contributed by atoms with Crippen LogP contribution in [-0.4, -0.2) is 25.8 Å². The first-order valence-electron chi connectivity index (χ1n) is 4.54. The molecule has 0 spiro atoms. The summed E-state index contributed by atoms with van der Waals surface area (Å²) in [6.07, 6.45) is 0.854. The molecule has 0 aromatic rings. The molecule has 12 heavy (non-hydrogen) atoms. The Hall–Kier alpha value is -0.570. The van der Waals surface area contributed by atoms with E-state index in [-0.39, 0.29) is 11.9 Å². The summed E-state index contributed by atoms with van der Waals surface area (Å²) in [6.45, 7) is 5.76. The van der Waals surface area contributed by atoms with E-state index in [1.165, 1.54) is 0 Å². The Labute approximate surface area is 73.0 Å². The van der Waals surface area contributed by atoms with E-state index < -0.39 is 0 Å². The van der Waals surface area contributed by atoms with Crippen LogP contribution in [-0.2, 0) is 14.3 Å². The molecule has 1 fully saturated rings. The van der Waals surface area contributed by atoms with Crippen molar-refractivity contribution in [1.29, 1.82) is 0 Å². The second kappa shape index (κ2) is 4.45. The maximum atomic E-state index is 11.3. The lowest BCUT2D eigenvalue weighted by Crippen LogP contribution is -2.38. The molecule has 1 heterocycles. The van der Waals surface area contributed by atoms with Crippen LogP contribution in [0.5, 0.6) is 0 Å². The van der Waals surface area contributed by atoms with E-state index in [1.54, 1.807) is 0 Å². The minimum atomic E-state index is -0.0618. The van der Waals surface area contributed by atoms with E-state index in [2.05, 4.69) is 0 Å². The molecule has 1 aliphatic rings. The van der Waals surface area contributed by atoms with Gasteiger partial charge in [-0.25, -0.2) is 0 Å². The predicted molar refractivity (Wildman–Crippen MR) is 44.7 cm³/mol. The van der Waals surface area contributed by atoms with E-state index >= 15 is 0 Å². The van der Waals surface area contributed by atoms with Crippen molar-refractivity contribution in [3.8, 4) is 0 Å². The molecule has 70 valence electrons. The van der Waals surface area contributed by atoms with Crippen LogP contribution in [0.4, 0.5) is 0 Å². The van der Waals surface area contributed by atoms with E-state index in [0.29, 0.717) is 12.5 Å². The van der Waals surface area contributed by atoms with Gasteiger partial charge >= 0.3 is 5.97 Å². The molecule has 0 radical (unpaired) electrons. The summed E-state index contributed by atoms with van der Waals surface area (Å²) < 4.78 is 10.00. The summed E-state index contributed by atoms with van der Waals surface area (Å²) in [5.74, 6) is 0.390. The van der Waals surface area contributed by atoms with Gasteiger partial charge in [0.1, 0.15) is 0 Å². The largest absolute Gasteiger partial charge is 0.466 e. The van der Waals surface area contributed by atoms with E-state index in [9.17, 15) is 4.79 Å². The molecule has 0 aromatic carbocycles. The fourth-order valence-corrected chi connectivity index (χ4v) is 1.43.